The molecule has 1 atom stereocenters. The van der Waals surface area contributed by atoms with Crippen molar-refractivity contribution in [3.8, 4) is 0 Å². The first-order valence-electron chi connectivity index (χ1n) is 7.11. The second-order valence-corrected chi connectivity index (χ2v) is 5.25. The van der Waals surface area contributed by atoms with Crippen molar-refractivity contribution in [3.05, 3.63) is 35.6 Å². The molecule has 6 heteroatoms. The van der Waals surface area contributed by atoms with Gasteiger partial charge in [0, 0.05) is 32.2 Å². The van der Waals surface area contributed by atoms with Gasteiger partial charge in [-0.05, 0) is 31.0 Å². The van der Waals surface area contributed by atoms with Crippen LogP contribution in [0.4, 0.5) is 4.39 Å². The molecule has 0 saturated carbocycles. The Morgan fingerprint density at radius 1 is 1.43 bits per heavy atom. The van der Waals surface area contributed by atoms with Crippen LogP contribution in [0.25, 0.3) is 0 Å². The predicted octanol–water partition coefficient (Wildman–Crippen LogP) is 1.20. The second kappa shape index (κ2) is 8.97. The van der Waals surface area contributed by atoms with E-state index < -0.39 is 0 Å². The highest BCUT2D eigenvalue weighted by atomic mass is 35.5. The molecule has 0 aromatic heterocycles. The van der Waals surface area contributed by atoms with E-state index >= 15 is 0 Å². The molecule has 1 aliphatic heterocycles. The van der Waals surface area contributed by atoms with Gasteiger partial charge in [-0.25, -0.2) is 4.39 Å². The number of piperazine rings is 1. The predicted molar refractivity (Wildman–Crippen MR) is 84.3 cm³/mol. The van der Waals surface area contributed by atoms with Gasteiger partial charge in [-0.2, -0.15) is 0 Å². The summed E-state index contributed by atoms with van der Waals surface area (Å²) in [6, 6.07) is 6.78. The van der Waals surface area contributed by atoms with E-state index in [1.54, 1.807) is 12.1 Å². The van der Waals surface area contributed by atoms with Crippen molar-refractivity contribution in [2.24, 2.45) is 0 Å². The van der Waals surface area contributed by atoms with Gasteiger partial charge in [0.05, 0.1) is 6.54 Å². The first-order chi connectivity index (χ1) is 9.65. The van der Waals surface area contributed by atoms with E-state index in [0.717, 1.165) is 31.6 Å². The maximum absolute atomic E-state index is 12.8. The maximum Gasteiger partial charge on any atom is 0.234 e. The van der Waals surface area contributed by atoms with Crippen LogP contribution >= 0.6 is 12.4 Å². The van der Waals surface area contributed by atoms with E-state index in [2.05, 4.69) is 22.5 Å². The zero-order valence-electron chi connectivity index (χ0n) is 12.3. The number of nitrogens with one attached hydrogen (secondary N) is 2. The maximum atomic E-state index is 12.8. The van der Waals surface area contributed by atoms with Crippen LogP contribution in [-0.4, -0.2) is 49.6 Å². The van der Waals surface area contributed by atoms with Gasteiger partial charge in [-0.15, -0.1) is 12.4 Å². The lowest BCUT2D eigenvalue weighted by Gasteiger charge is -2.33. The van der Waals surface area contributed by atoms with Crippen molar-refractivity contribution in [1.29, 1.82) is 0 Å². The first-order valence-corrected chi connectivity index (χ1v) is 7.11. The van der Waals surface area contributed by atoms with Gasteiger partial charge in [0.1, 0.15) is 5.82 Å². The van der Waals surface area contributed by atoms with Gasteiger partial charge in [0.25, 0.3) is 0 Å². The van der Waals surface area contributed by atoms with Crippen molar-refractivity contribution in [2.45, 2.75) is 19.4 Å². The molecule has 0 radical (unpaired) electrons. The molecule has 118 valence electrons. The number of benzene rings is 1. The number of amides is 1. The molecule has 1 heterocycles. The molecular weight excluding hydrogens is 293 g/mol. The van der Waals surface area contributed by atoms with Gasteiger partial charge >= 0.3 is 0 Å². The Morgan fingerprint density at radius 3 is 2.81 bits per heavy atom. The van der Waals surface area contributed by atoms with Gasteiger partial charge in [0.15, 0.2) is 0 Å². The van der Waals surface area contributed by atoms with Gasteiger partial charge < -0.3 is 10.6 Å². The summed E-state index contributed by atoms with van der Waals surface area (Å²) in [5.41, 5.74) is 1.03. The third-order valence-electron chi connectivity index (χ3n) is 3.63. The van der Waals surface area contributed by atoms with Crippen molar-refractivity contribution in [2.75, 3.05) is 32.7 Å². The zero-order valence-corrected chi connectivity index (χ0v) is 13.1. The third kappa shape index (κ3) is 5.99. The van der Waals surface area contributed by atoms with E-state index in [9.17, 15) is 9.18 Å². The van der Waals surface area contributed by atoms with Gasteiger partial charge in [-0.3, -0.25) is 9.69 Å². The minimum absolute atomic E-state index is 0. The number of carbonyl (C=O) groups excluding carboxylic acids is 1. The average molecular weight is 316 g/mol. The number of halogens is 2. The Bertz CT molecular complexity index is 441. The second-order valence-electron chi connectivity index (χ2n) is 5.25. The van der Waals surface area contributed by atoms with Crippen LogP contribution in [0.3, 0.4) is 0 Å². The molecule has 2 rings (SSSR count). The van der Waals surface area contributed by atoms with Crippen LogP contribution in [0.15, 0.2) is 24.3 Å². The lowest BCUT2D eigenvalue weighted by atomic mass is 10.1. The normalized spacial score (nSPS) is 18.9. The summed E-state index contributed by atoms with van der Waals surface area (Å²) in [6.07, 6.45) is 0.725. The van der Waals surface area contributed by atoms with Crippen LogP contribution in [0.2, 0.25) is 0 Å². The molecule has 0 unspecified atom stereocenters. The van der Waals surface area contributed by atoms with Gasteiger partial charge in [-0.1, -0.05) is 12.1 Å². The molecular formula is C15H23ClFN3O. The summed E-state index contributed by atoms with van der Waals surface area (Å²) in [6.45, 7) is 5.94. The fourth-order valence-corrected chi connectivity index (χ4v) is 2.36. The molecule has 0 bridgehead atoms. The third-order valence-corrected chi connectivity index (χ3v) is 3.63. The van der Waals surface area contributed by atoms with Crippen LogP contribution in [-0.2, 0) is 11.2 Å². The first kappa shape index (κ1) is 17.9. The average Bonchev–Trinajstić information content (AvgIpc) is 2.44. The largest absolute Gasteiger partial charge is 0.355 e. The SMILES string of the molecule is C[C@@H]1CNCCN1CC(=O)NCCc1ccc(F)cc1.Cl. The van der Waals surface area contributed by atoms with E-state index in [-0.39, 0.29) is 24.1 Å². The molecule has 1 aromatic carbocycles. The molecule has 0 spiro atoms. The van der Waals surface area contributed by atoms with Crippen LogP contribution in [0.5, 0.6) is 0 Å². The monoisotopic (exact) mass is 315 g/mol. The molecule has 1 aliphatic rings. The summed E-state index contributed by atoms with van der Waals surface area (Å²) >= 11 is 0. The molecule has 2 N–H and O–H groups in total. The quantitative estimate of drug-likeness (QED) is 0.858. The molecule has 1 saturated heterocycles. The fraction of sp³-hybridized carbons (Fsp3) is 0.533. The van der Waals surface area contributed by atoms with Crippen molar-refractivity contribution >= 4 is 18.3 Å². The molecule has 1 aromatic rings. The van der Waals surface area contributed by atoms with Crippen molar-refractivity contribution < 1.29 is 9.18 Å². The summed E-state index contributed by atoms with van der Waals surface area (Å²) in [5, 5.41) is 6.22. The highest BCUT2D eigenvalue weighted by molar-refractivity contribution is 5.85. The fourth-order valence-electron chi connectivity index (χ4n) is 2.36. The molecule has 21 heavy (non-hydrogen) atoms. The Labute approximate surface area is 131 Å². The lowest BCUT2D eigenvalue weighted by molar-refractivity contribution is -0.122. The Morgan fingerprint density at radius 2 is 2.14 bits per heavy atom. The molecule has 4 nitrogen and oxygen atoms in total. The summed E-state index contributed by atoms with van der Waals surface area (Å²) < 4.78 is 12.8. The topological polar surface area (TPSA) is 44.4 Å². The molecule has 1 amide bonds. The number of carbonyl (C=O) groups is 1. The highest BCUT2D eigenvalue weighted by Gasteiger charge is 2.19. The number of rotatable bonds is 5. The van der Waals surface area contributed by atoms with E-state index in [1.165, 1.54) is 12.1 Å². The smallest absolute Gasteiger partial charge is 0.234 e. The lowest BCUT2D eigenvalue weighted by Crippen LogP contribution is -2.52. The Kier molecular flexibility index (Phi) is 7.64. The van der Waals surface area contributed by atoms with E-state index in [1.807, 2.05) is 0 Å². The van der Waals surface area contributed by atoms with Crippen molar-refractivity contribution in [1.82, 2.24) is 15.5 Å². The summed E-state index contributed by atoms with van der Waals surface area (Å²) in [5.74, 6) is -0.175. The van der Waals surface area contributed by atoms with Crippen LogP contribution in [0, 0.1) is 5.82 Å². The standard InChI is InChI=1S/C15H22FN3O.ClH/c1-12-10-17-8-9-19(12)11-15(20)18-7-6-13-2-4-14(16)5-3-13;/h2-5,12,17H,6-11H2,1H3,(H,18,20);1H/t12-;/m1./s1. The van der Waals surface area contributed by atoms with Gasteiger partial charge in [0.2, 0.25) is 5.91 Å². The van der Waals surface area contributed by atoms with Crippen LogP contribution < -0.4 is 10.6 Å². The minimum atomic E-state index is -0.231. The van der Waals surface area contributed by atoms with Crippen molar-refractivity contribution in [3.63, 3.8) is 0 Å². The molecule has 0 aliphatic carbocycles. The Hall–Kier alpha value is -1.17. The zero-order chi connectivity index (χ0) is 14.4. The Balaban J connectivity index is 0.00000220. The van der Waals surface area contributed by atoms with E-state index in [4.69, 9.17) is 0 Å². The number of hydrogen-bond donors (Lipinski definition) is 2. The summed E-state index contributed by atoms with van der Waals surface area (Å²) in [4.78, 5) is 14.1. The molecule has 1 fully saturated rings. The summed E-state index contributed by atoms with van der Waals surface area (Å²) in [7, 11) is 0. The van der Waals surface area contributed by atoms with E-state index in [0.29, 0.717) is 19.1 Å². The number of hydrogen-bond acceptors (Lipinski definition) is 3. The van der Waals surface area contributed by atoms with Crippen LogP contribution in [0.1, 0.15) is 12.5 Å². The minimum Gasteiger partial charge on any atom is -0.355 e. The number of nitrogens with zero attached hydrogens (tertiary/aromatic N) is 1. The highest BCUT2D eigenvalue weighted by Crippen LogP contribution is 2.03.